The third-order valence-corrected chi connectivity index (χ3v) is 5.18. The van der Waals surface area contributed by atoms with E-state index < -0.39 is 0 Å². The molecule has 0 bridgehead atoms. The first-order chi connectivity index (χ1) is 9.22. The molecule has 0 aromatic carbocycles. The Balaban J connectivity index is 2.14. The van der Waals surface area contributed by atoms with Crippen LogP contribution in [0.2, 0.25) is 0 Å². The van der Waals surface area contributed by atoms with Gasteiger partial charge in [0.15, 0.2) is 0 Å². The Morgan fingerprint density at radius 1 is 1.30 bits per heavy atom. The smallest absolute Gasteiger partial charge is 0.0888 e. The van der Waals surface area contributed by atoms with E-state index in [1.165, 1.54) is 24.8 Å². The van der Waals surface area contributed by atoms with Gasteiger partial charge in [0.2, 0.25) is 0 Å². The summed E-state index contributed by atoms with van der Waals surface area (Å²) in [5, 5.41) is 2.30. The summed E-state index contributed by atoms with van der Waals surface area (Å²) in [6.07, 6.45) is 6.32. The number of rotatable bonds is 3. The lowest BCUT2D eigenvalue weighted by Crippen LogP contribution is -2.46. The van der Waals surface area contributed by atoms with E-state index in [1.807, 2.05) is 0 Å². The summed E-state index contributed by atoms with van der Waals surface area (Å²) in [5.41, 5.74) is 1.44. The summed E-state index contributed by atoms with van der Waals surface area (Å²) in [7, 11) is 0. The summed E-state index contributed by atoms with van der Waals surface area (Å²) >= 11 is 0. The van der Waals surface area contributed by atoms with Gasteiger partial charge in [-0.15, -0.1) is 0 Å². The highest BCUT2D eigenvalue weighted by atomic mass is 16.7. The first-order valence-corrected chi connectivity index (χ1v) is 8.33. The SMILES string of the molecule is CC(C)=CC[C@H]1C[C@@H]2[C@@H]([C@@H](C)C1)N(C(C)C)OC2(C)C. The van der Waals surface area contributed by atoms with Crippen LogP contribution in [0.5, 0.6) is 0 Å². The van der Waals surface area contributed by atoms with Crippen LogP contribution in [-0.4, -0.2) is 22.7 Å². The topological polar surface area (TPSA) is 12.5 Å². The van der Waals surface area contributed by atoms with E-state index in [2.05, 4.69) is 59.6 Å². The molecule has 0 N–H and O–H groups in total. The van der Waals surface area contributed by atoms with Gasteiger partial charge in [0.05, 0.1) is 5.60 Å². The molecule has 2 heteroatoms. The van der Waals surface area contributed by atoms with Crippen molar-refractivity contribution in [1.82, 2.24) is 5.06 Å². The number of fused-ring (bicyclic) bond motifs is 1. The van der Waals surface area contributed by atoms with Gasteiger partial charge in [-0.1, -0.05) is 18.6 Å². The Labute approximate surface area is 125 Å². The third kappa shape index (κ3) is 3.12. The van der Waals surface area contributed by atoms with E-state index in [9.17, 15) is 0 Å². The second-order valence-corrected chi connectivity index (χ2v) is 8.08. The van der Waals surface area contributed by atoms with Crippen LogP contribution in [0.4, 0.5) is 0 Å². The first kappa shape index (κ1) is 16.0. The quantitative estimate of drug-likeness (QED) is 0.688. The van der Waals surface area contributed by atoms with Gasteiger partial charge in [0.25, 0.3) is 0 Å². The lowest BCUT2D eigenvalue weighted by molar-refractivity contribution is -0.215. The zero-order valence-electron chi connectivity index (χ0n) is 14.4. The Morgan fingerprint density at radius 3 is 2.50 bits per heavy atom. The average Bonchev–Trinajstić information content (AvgIpc) is 2.60. The van der Waals surface area contributed by atoms with Crippen molar-refractivity contribution in [2.75, 3.05) is 0 Å². The summed E-state index contributed by atoms with van der Waals surface area (Å²) in [6.45, 7) is 15.9. The maximum atomic E-state index is 6.32. The zero-order valence-corrected chi connectivity index (χ0v) is 14.4. The molecule has 0 spiro atoms. The summed E-state index contributed by atoms with van der Waals surface area (Å²) in [4.78, 5) is 6.32. The molecule has 1 saturated carbocycles. The van der Waals surface area contributed by atoms with Crippen LogP contribution in [-0.2, 0) is 4.84 Å². The van der Waals surface area contributed by atoms with Crippen LogP contribution in [0.1, 0.15) is 67.7 Å². The van der Waals surface area contributed by atoms with Crippen molar-refractivity contribution < 1.29 is 4.84 Å². The molecule has 0 unspecified atom stereocenters. The maximum absolute atomic E-state index is 6.32. The van der Waals surface area contributed by atoms with E-state index in [0.717, 1.165) is 11.8 Å². The molecule has 0 aromatic heterocycles. The van der Waals surface area contributed by atoms with E-state index in [0.29, 0.717) is 18.0 Å². The van der Waals surface area contributed by atoms with Crippen molar-refractivity contribution in [3.63, 3.8) is 0 Å². The molecular formula is C18H33NO. The maximum Gasteiger partial charge on any atom is 0.0888 e. The molecule has 0 aromatic rings. The van der Waals surface area contributed by atoms with Crippen molar-refractivity contribution in [2.45, 2.75) is 85.4 Å². The standard InChI is InChI=1S/C18H33NO/c1-12(2)8-9-15-10-14(5)17-16(11-15)18(6,7)20-19(17)13(3)4/h8,13-17H,9-11H2,1-7H3/t14-,15+,16+,17+/m0/s1. The molecule has 20 heavy (non-hydrogen) atoms. The van der Waals surface area contributed by atoms with Crippen molar-refractivity contribution in [2.24, 2.45) is 17.8 Å². The Morgan fingerprint density at radius 2 is 1.95 bits per heavy atom. The molecule has 1 aliphatic heterocycles. The van der Waals surface area contributed by atoms with Crippen LogP contribution in [0.25, 0.3) is 0 Å². The fraction of sp³-hybridized carbons (Fsp3) is 0.889. The van der Waals surface area contributed by atoms with Gasteiger partial charge in [0.1, 0.15) is 0 Å². The van der Waals surface area contributed by atoms with Crippen molar-refractivity contribution >= 4 is 0 Å². The van der Waals surface area contributed by atoms with Gasteiger partial charge in [-0.05, 0) is 72.6 Å². The molecule has 1 aliphatic carbocycles. The van der Waals surface area contributed by atoms with Gasteiger partial charge in [-0.2, -0.15) is 5.06 Å². The van der Waals surface area contributed by atoms with Crippen LogP contribution >= 0.6 is 0 Å². The molecule has 116 valence electrons. The van der Waals surface area contributed by atoms with Gasteiger partial charge >= 0.3 is 0 Å². The van der Waals surface area contributed by atoms with Gasteiger partial charge in [0, 0.05) is 18.0 Å². The summed E-state index contributed by atoms with van der Waals surface area (Å²) in [5.74, 6) is 2.23. The summed E-state index contributed by atoms with van der Waals surface area (Å²) < 4.78 is 0. The molecular weight excluding hydrogens is 246 g/mol. The summed E-state index contributed by atoms with van der Waals surface area (Å²) in [6, 6.07) is 1.08. The monoisotopic (exact) mass is 279 g/mol. The predicted molar refractivity (Wildman–Crippen MR) is 85.4 cm³/mol. The van der Waals surface area contributed by atoms with Crippen LogP contribution in [0.3, 0.4) is 0 Å². The van der Waals surface area contributed by atoms with Crippen LogP contribution < -0.4 is 0 Å². The fourth-order valence-corrected chi connectivity index (χ4v) is 4.22. The Hall–Kier alpha value is -0.340. The Bertz CT molecular complexity index is 368. The highest BCUT2D eigenvalue weighted by Crippen LogP contribution is 2.49. The van der Waals surface area contributed by atoms with E-state index in [4.69, 9.17) is 4.84 Å². The van der Waals surface area contributed by atoms with Gasteiger partial charge in [-0.3, -0.25) is 4.84 Å². The minimum Gasteiger partial charge on any atom is -0.292 e. The molecule has 2 fully saturated rings. The van der Waals surface area contributed by atoms with Crippen LogP contribution in [0, 0.1) is 17.8 Å². The normalized spacial score (nSPS) is 37.0. The molecule has 4 atom stereocenters. The Kier molecular flexibility index (Phi) is 4.66. The molecule has 1 heterocycles. The average molecular weight is 279 g/mol. The molecule has 1 saturated heterocycles. The van der Waals surface area contributed by atoms with Crippen LogP contribution in [0.15, 0.2) is 11.6 Å². The number of hydrogen-bond donors (Lipinski definition) is 0. The van der Waals surface area contributed by atoms with Crippen molar-refractivity contribution in [1.29, 1.82) is 0 Å². The van der Waals surface area contributed by atoms with Gasteiger partial charge < -0.3 is 0 Å². The predicted octanol–water partition coefficient (Wildman–Crippen LogP) is 4.81. The fourth-order valence-electron chi connectivity index (χ4n) is 4.22. The third-order valence-electron chi connectivity index (χ3n) is 5.18. The van der Waals surface area contributed by atoms with E-state index in [-0.39, 0.29) is 5.60 Å². The highest BCUT2D eigenvalue weighted by Gasteiger charge is 2.53. The number of nitrogens with zero attached hydrogens (tertiary/aromatic N) is 1. The lowest BCUT2D eigenvalue weighted by atomic mass is 9.66. The minimum absolute atomic E-state index is 0.00710. The number of allylic oxidation sites excluding steroid dienone is 2. The first-order valence-electron chi connectivity index (χ1n) is 8.33. The lowest BCUT2D eigenvalue weighted by Gasteiger charge is -2.41. The molecule has 0 radical (unpaired) electrons. The minimum atomic E-state index is -0.00710. The molecule has 2 aliphatic rings. The second-order valence-electron chi connectivity index (χ2n) is 8.08. The van der Waals surface area contributed by atoms with Crippen molar-refractivity contribution in [3.05, 3.63) is 11.6 Å². The number of hydroxylamine groups is 2. The van der Waals surface area contributed by atoms with Gasteiger partial charge in [-0.25, -0.2) is 0 Å². The highest BCUT2D eigenvalue weighted by molar-refractivity contribution is 5.03. The molecule has 2 nitrogen and oxygen atoms in total. The largest absolute Gasteiger partial charge is 0.292 e. The second kappa shape index (κ2) is 5.81. The van der Waals surface area contributed by atoms with Crippen molar-refractivity contribution in [3.8, 4) is 0 Å². The van der Waals surface area contributed by atoms with E-state index >= 15 is 0 Å². The molecule has 2 rings (SSSR count). The molecule has 0 amide bonds. The van der Waals surface area contributed by atoms with E-state index in [1.54, 1.807) is 0 Å². The zero-order chi connectivity index (χ0) is 15.1. The number of hydrogen-bond acceptors (Lipinski definition) is 2.